The number of benzene rings is 3. The Bertz CT molecular complexity index is 2830. The summed E-state index contributed by atoms with van der Waals surface area (Å²) in [6.07, 6.45) is 7.58. The predicted molar refractivity (Wildman–Crippen MR) is 250 cm³/mol. The summed E-state index contributed by atoms with van der Waals surface area (Å²) in [5.74, 6) is -6.14. The summed E-state index contributed by atoms with van der Waals surface area (Å²) in [4.78, 5) is 69.9. The Labute approximate surface area is 399 Å². The minimum absolute atomic E-state index is 0.0159. The molecule has 5 aromatic rings. The van der Waals surface area contributed by atoms with Crippen LogP contribution in [0.3, 0.4) is 0 Å². The van der Waals surface area contributed by atoms with Crippen LogP contribution in [0, 0.1) is 17.5 Å². The van der Waals surface area contributed by atoms with Crippen LogP contribution in [0.1, 0.15) is 82.8 Å². The standard InChI is InChI=1S/C33H35F3N6O2.C16H16ClF2N3O3/c1-40(2)33(44)29-18-26-24(25-17-27(34)22(16-28(25)35)20-6-10-37-11-7-20)15-23(31(36)32(26)39-29)21-5-3-12-41(19-21)30(43)8-14-42-13-4-9-38-42;17-11-3-2-10(14(24)21-6-1-5-16(18,19)9-21)8-12(11)22-7-4-13(23)20-15(22)25/h4-5,9,13,15-18,20,37,39H,3,6-8,10-12,14,19H2,1-2H3;2-3,8H,1,4-7,9H2,(H,20,23,25). The topological polar surface area (TPSA) is 156 Å². The number of aryl methyl sites for hydroxylation is 1. The van der Waals surface area contributed by atoms with E-state index in [0.29, 0.717) is 43.5 Å². The number of urea groups is 1. The zero-order chi connectivity index (χ0) is 49.1. The van der Waals surface area contributed by atoms with Gasteiger partial charge in [-0.2, -0.15) is 5.10 Å². The molecule has 2 aromatic heterocycles. The van der Waals surface area contributed by atoms with E-state index in [2.05, 4.69) is 20.7 Å². The van der Waals surface area contributed by atoms with Gasteiger partial charge in [0.05, 0.1) is 22.8 Å². The number of amides is 6. The van der Waals surface area contributed by atoms with Gasteiger partial charge in [-0.05, 0) is 110 Å². The molecule has 0 spiro atoms. The average molecular weight is 976 g/mol. The number of rotatable bonds is 9. The summed E-state index contributed by atoms with van der Waals surface area (Å²) in [6.45, 7) is 2.31. The van der Waals surface area contributed by atoms with Crippen molar-refractivity contribution in [2.75, 3.05) is 64.8 Å². The second-order valence-corrected chi connectivity index (χ2v) is 18.2. The number of H-pyrrole nitrogens is 1. The van der Waals surface area contributed by atoms with Crippen LogP contribution >= 0.6 is 11.6 Å². The highest BCUT2D eigenvalue weighted by atomic mass is 35.5. The normalized spacial score (nSPS) is 17.6. The van der Waals surface area contributed by atoms with Gasteiger partial charge in [0.15, 0.2) is 5.82 Å². The van der Waals surface area contributed by atoms with E-state index < -0.39 is 41.9 Å². The number of hydrogen-bond acceptors (Lipinski definition) is 7. The number of nitrogens with one attached hydrogen (secondary N) is 3. The van der Waals surface area contributed by atoms with Gasteiger partial charge in [-0.3, -0.25) is 34.1 Å². The molecule has 0 aliphatic carbocycles. The van der Waals surface area contributed by atoms with Gasteiger partial charge in [0.1, 0.15) is 17.3 Å². The quantitative estimate of drug-likeness (QED) is 0.127. The maximum atomic E-state index is 16.3. The van der Waals surface area contributed by atoms with E-state index >= 15 is 13.2 Å². The number of fused-ring (bicyclic) bond motifs is 1. The van der Waals surface area contributed by atoms with Crippen LogP contribution in [-0.4, -0.2) is 125 Å². The molecule has 0 radical (unpaired) electrons. The van der Waals surface area contributed by atoms with Crippen molar-refractivity contribution in [3.63, 3.8) is 0 Å². The number of carbonyl (C=O) groups excluding carboxylic acids is 5. The number of carbonyl (C=O) groups is 5. The molecule has 3 fully saturated rings. The number of imide groups is 1. The van der Waals surface area contributed by atoms with E-state index in [9.17, 15) is 32.8 Å². The number of alkyl halides is 2. The van der Waals surface area contributed by atoms with Crippen LogP contribution in [0.2, 0.25) is 5.02 Å². The summed E-state index contributed by atoms with van der Waals surface area (Å²) in [5.41, 5.74) is 1.90. The molecule has 4 aliphatic rings. The van der Waals surface area contributed by atoms with Crippen LogP contribution in [0.15, 0.2) is 67.0 Å². The minimum atomic E-state index is -2.89. The Hall–Kier alpha value is -6.60. The van der Waals surface area contributed by atoms with Crippen molar-refractivity contribution >= 4 is 63.4 Å². The van der Waals surface area contributed by atoms with Gasteiger partial charge in [0.25, 0.3) is 17.7 Å². The van der Waals surface area contributed by atoms with Gasteiger partial charge in [-0.1, -0.05) is 17.7 Å². The van der Waals surface area contributed by atoms with Crippen LogP contribution in [0.4, 0.5) is 32.4 Å². The van der Waals surface area contributed by atoms with Crippen LogP contribution < -0.4 is 15.5 Å². The summed E-state index contributed by atoms with van der Waals surface area (Å²) >= 11 is 6.12. The summed E-state index contributed by atoms with van der Waals surface area (Å²) in [5, 5.41) is 10.1. The molecular weight excluding hydrogens is 925 g/mol. The molecule has 9 rings (SSSR count). The first-order valence-electron chi connectivity index (χ1n) is 22.8. The molecule has 3 saturated heterocycles. The van der Waals surface area contributed by atoms with E-state index in [1.54, 1.807) is 42.1 Å². The van der Waals surface area contributed by atoms with Crippen molar-refractivity contribution in [2.24, 2.45) is 0 Å². The van der Waals surface area contributed by atoms with Gasteiger partial charge >= 0.3 is 6.03 Å². The van der Waals surface area contributed by atoms with Crippen molar-refractivity contribution in [1.82, 2.24) is 40.1 Å². The molecule has 0 unspecified atom stereocenters. The lowest BCUT2D eigenvalue weighted by atomic mass is 9.87. The molecule has 6 heterocycles. The first-order chi connectivity index (χ1) is 33.0. The van der Waals surface area contributed by atoms with Crippen molar-refractivity contribution in [1.29, 1.82) is 0 Å². The van der Waals surface area contributed by atoms with Crippen molar-refractivity contribution < 1.29 is 45.9 Å². The Kier molecular flexibility index (Phi) is 14.5. The number of piperidine rings is 2. The third-order valence-corrected chi connectivity index (χ3v) is 13.1. The lowest BCUT2D eigenvalue weighted by Crippen LogP contribution is -2.49. The monoisotopic (exact) mass is 975 g/mol. The number of aromatic amines is 1. The van der Waals surface area contributed by atoms with Crippen LogP contribution in [-0.2, 0) is 16.1 Å². The summed E-state index contributed by atoms with van der Waals surface area (Å²) in [7, 11) is 3.16. The zero-order valence-corrected chi connectivity index (χ0v) is 38.8. The number of aromatic nitrogens is 3. The lowest BCUT2D eigenvalue weighted by Gasteiger charge is -2.33. The first-order valence-corrected chi connectivity index (χ1v) is 23.1. The van der Waals surface area contributed by atoms with E-state index in [1.807, 2.05) is 6.08 Å². The number of halogens is 6. The first kappa shape index (κ1) is 48.8. The SMILES string of the molecule is CN(C)C(=O)c1cc2c(-c3cc(F)c(C4CCNCC4)cc3F)cc(C3=CCCN(C(=O)CCn4cccn4)C3)c(F)c2[nH]1.O=C1CCN(c2cc(C(=O)N3CCCC(F)(F)C3)ccc2Cl)C(=O)N1. The fraction of sp³-hybridized carbons (Fsp3) is 0.388. The summed E-state index contributed by atoms with van der Waals surface area (Å²) < 4.78 is 76.6. The fourth-order valence-corrected chi connectivity index (χ4v) is 9.43. The fourth-order valence-electron chi connectivity index (χ4n) is 9.21. The van der Waals surface area contributed by atoms with E-state index in [1.165, 1.54) is 52.3 Å². The molecule has 4 aliphatic heterocycles. The molecule has 69 heavy (non-hydrogen) atoms. The molecule has 6 amide bonds. The molecule has 3 aromatic carbocycles. The summed E-state index contributed by atoms with van der Waals surface area (Å²) in [6, 6.07) is 10.9. The van der Waals surface area contributed by atoms with Gasteiger partial charge < -0.3 is 25.0 Å². The van der Waals surface area contributed by atoms with E-state index in [0.717, 1.165) is 18.0 Å². The molecular formula is C49H51ClF5N9O5. The number of anilines is 1. The van der Waals surface area contributed by atoms with Crippen molar-refractivity contribution in [2.45, 2.75) is 63.3 Å². The molecule has 0 atom stereocenters. The second kappa shape index (κ2) is 20.6. The number of likely N-dealkylation sites (tertiary alicyclic amines) is 1. The minimum Gasteiger partial charge on any atom is -0.348 e. The van der Waals surface area contributed by atoms with E-state index in [-0.39, 0.29) is 119 Å². The highest BCUT2D eigenvalue weighted by molar-refractivity contribution is 6.34. The van der Waals surface area contributed by atoms with Gasteiger partial charge in [-0.15, -0.1) is 0 Å². The molecule has 3 N–H and O–H groups in total. The van der Waals surface area contributed by atoms with E-state index in [4.69, 9.17) is 11.6 Å². The van der Waals surface area contributed by atoms with Gasteiger partial charge in [0, 0.05) is 101 Å². The smallest absolute Gasteiger partial charge is 0.328 e. The maximum Gasteiger partial charge on any atom is 0.328 e. The highest BCUT2D eigenvalue weighted by Crippen LogP contribution is 2.40. The number of hydrogen-bond donors (Lipinski definition) is 3. The van der Waals surface area contributed by atoms with Gasteiger partial charge in [-0.25, -0.2) is 26.7 Å². The highest BCUT2D eigenvalue weighted by Gasteiger charge is 2.38. The van der Waals surface area contributed by atoms with Gasteiger partial charge in [0.2, 0.25) is 11.8 Å². The van der Waals surface area contributed by atoms with Crippen molar-refractivity contribution in [3.05, 3.63) is 112 Å². The largest absolute Gasteiger partial charge is 0.348 e. The lowest BCUT2D eigenvalue weighted by molar-refractivity contribution is -0.131. The average Bonchev–Trinajstić information content (AvgIpc) is 4.03. The molecule has 364 valence electrons. The Morgan fingerprint density at radius 3 is 2.42 bits per heavy atom. The number of nitrogens with zero attached hydrogens (tertiary/aromatic N) is 6. The molecule has 0 saturated carbocycles. The predicted octanol–water partition coefficient (Wildman–Crippen LogP) is 7.98. The third kappa shape index (κ3) is 10.8. The Morgan fingerprint density at radius 2 is 1.71 bits per heavy atom. The Morgan fingerprint density at radius 1 is 0.928 bits per heavy atom. The molecule has 20 heteroatoms. The molecule has 14 nitrogen and oxygen atoms in total. The second-order valence-electron chi connectivity index (χ2n) is 17.8. The van der Waals surface area contributed by atoms with Crippen molar-refractivity contribution in [3.8, 4) is 11.1 Å². The maximum absolute atomic E-state index is 16.3. The third-order valence-electron chi connectivity index (χ3n) is 12.8. The zero-order valence-electron chi connectivity index (χ0n) is 38.0. The van der Waals surface area contributed by atoms with Crippen LogP contribution in [0.5, 0.6) is 0 Å². The molecule has 0 bridgehead atoms. The van der Waals surface area contributed by atoms with Crippen LogP contribution in [0.25, 0.3) is 27.6 Å². The Balaban J connectivity index is 0.000000217.